The number of hydrogen-bond acceptors (Lipinski definition) is 13. The van der Waals surface area contributed by atoms with E-state index in [1.165, 1.54) is 63.8 Å². The van der Waals surface area contributed by atoms with Gasteiger partial charge in [0, 0.05) is 35.9 Å². The summed E-state index contributed by atoms with van der Waals surface area (Å²) < 4.78 is 135. The van der Waals surface area contributed by atoms with Gasteiger partial charge in [-0.3, -0.25) is 19.2 Å². The van der Waals surface area contributed by atoms with Crippen LogP contribution in [0, 0.1) is 13.8 Å². The summed E-state index contributed by atoms with van der Waals surface area (Å²) >= 11 is 11.9. The molecule has 2 aromatic carbocycles. The van der Waals surface area contributed by atoms with E-state index in [9.17, 15) is 48.0 Å². The minimum absolute atomic E-state index is 0.00131. The molecule has 4 aromatic heterocycles. The Morgan fingerprint density at radius 1 is 0.641 bits per heavy atom. The van der Waals surface area contributed by atoms with E-state index in [-0.39, 0.29) is 66.8 Å². The monoisotopic (exact) mass is 969 g/mol. The summed E-state index contributed by atoms with van der Waals surface area (Å²) in [5.74, 6) is -0.476. The summed E-state index contributed by atoms with van der Waals surface area (Å²) in [7, 11) is -7.71. The average Bonchev–Trinajstić information content (AvgIpc) is 3.19. The minimum atomic E-state index is -4.74. The molecule has 336 valence electrons. The molecule has 0 aliphatic heterocycles. The van der Waals surface area contributed by atoms with Gasteiger partial charge in [-0.15, -0.1) is 0 Å². The Balaban J connectivity index is 0.000000241. The van der Waals surface area contributed by atoms with Crippen LogP contribution in [0.2, 0.25) is 10.0 Å². The summed E-state index contributed by atoms with van der Waals surface area (Å²) in [4.78, 5) is 32.1. The number of nitrogens with two attached hydrogens (primary N) is 2. The molecular formula is C39H31Cl2F6N9O6S2. The second-order valence-electron chi connectivity index (χ2n) is 13.1. The number of aromatic nitrogens is 4. The van der Waals surface area contributed by atoms with Crippen LogP contribution in [0.25, 0.3) is 0 Å². The number of alkyl halides is 6. The van der Waals surface area contributed by atoms with E-state index < -0.39 is 59.1 Å². The van der Waals surface area contributed by atoms with Gasteiger partial charge in [0.15, 0.2) is 0 Å². The van der Waals surface area contributed by atoms with E-state index in [1.54, 1.807) is 6.07 Å². The number of halogens is 8. The van der Waals surface area contributed by atoms with Crippen molar-refractivity contribution in [3.63, 3.8) is 0 Å². The molecule has 6 rings (SSSR count). The highest BCUT2D eigenvalue weighted by Crippen LogP contribution is 2.36. The second kappa shape index (κ2) is 19.0. The van der Waals surface area contributed by atoms with Crippen LogP contribution in [0.1, 0.15) is 49.6 Å². The first-order chi connectivity index (χ1) is 29.8. The lowest BCUT2D eigenvalue weighted by Gasteiger charge is -2.16. The number of benzene rings is 2. The van der Waals surface area contributed by atoms with Gasteiger partial charge in [-0.2, -0.15) is 26.3 Å². The topological polar surface area (TPSA) is 235 Å². The predicted molar refractivity (Wildman–Crippen MR) is 226 cm³/mol. The van der Waals surface area contributed by atoms with Gasteiger partial charge in [-0.25, -0.2) is 31.8 Å². The third-order valence-electron chi connectivity index (χ3n) is 8.57. The first-order valence-electron chi connectivity index (χ1n) is 17.6. The highest BCUT2D eigenvalue weighted by atomic mass is 35.5. The van der Waals surface area contributed by atoms with E-state index in [0.717, 1.165) is 36.5 Å². The number of anilines is 4. The van der Waals surface area contributed by atoms with Gasteiger partial charge in [0.25, 0.3) is 20.0 Å². The van der Waals surface area contributed by atoms with E-state index >= 15 is 0 Å². The van der Waals surface area contributed by atoms with Crippen molar-refractivity contribution in [3.8, 4) is 0 Å². The molecule has 0 atom stereocenters. The smallest absolute Gasteiger partial charge is 0.399 e. The first kappa shape index (κ1) is 48.5. The van der Waals surface area contributed by atoms with Crippen molar-refractivity contribution < 1.29 is 52.8 Å². The summed E-state index contributed by atoms with van der Waals surface area (Å²) in [5, 5.41) is 3.98. The van der Waals surface area contributed by atoms with Crippen LogP contribution in [0.3, 0.4) is 0 Å². The normalized spacial score (nSPS) is 12.2. The zero-order valence-corrected chi connectivity index (χ0v) is 36.1. The van der Waals surface area contributed by atoms with E-state index in [4.69, 9.17) is 39.5 Å². The van der Waals surface area contributed by atoms with Crippen LogP contribution in [0.5, 0.6) is 0 Å². The zero-order valence-electron chi connectivity index (χ0n) is 32.9. The molecule has 25 heteroatoms. The highest BCUT2D eigenvalue weighted by molar-refractivity contribution is 7.93. The molecule has 6 aromatic rings. The van der Waals surface area contributed by atoms with E-state index in [2.05, 4.69) is 34.5 Å². The lowest BCUT2D eigenvalue weighted by molar-refractivity contribution is -0.139. The van der Waals surface area contributed by atoms with Crippen molar-refractivity contribution in [2.75, 3.05) is 28.0 Å². The second-order valence-corrected chi connectivity index (χ2v) is 17.4. The fourth-order valence-electron chi connectivity index (χ4n) is 5.60. The molecule has 0 amide bonds. The number of hydrogen-bond donors (Lipinski definition) is 4. The Kier molecular flexibility index (Phi) is 14.4. The van der Waals surface area contributed by atoms with Crippen molar-refractivity contribution in [1.29, 1.82) is 0 Å². The number of oxime groups is 1. The zero-order chi connectivity index (χ0) is 47.4. The van der Waals surface area contributed by atoms with Gasteiger partial charge >= 0.3 is 12.4 Å². The fraction of sp³-hybridized carbons (Fsp3) is 0.128. The third kappa shape index (κ3) is 11.7. The van der Waals surface area contributed by atoms with Crippen LogP contribution in [-0.2, 0) is 37.2 Å². The number of aryl methyl sites for hydroxylation is 2. The molecule has 6 N–H and O–H groups in total. The largest absolute Gasteiger partial charge is 0.416 e. The quantitative estimate of drug-likeness (QED) is 0.0415. The van der Waals surface area contributed by atoms with Crippen molar-refractivity contribution in [2.45, 2.75) is 36.0 Å². The Morgan fingerprint density at radius 2 is 1.06 bits per heavy atom. The highest BCUT2D eigenvalue weighted by Gasteiger charge is 2.35. The van der Waals surface area contributed by atoms with Crippen LogP contribution in [0.4, 0.5) is 49.4 Å². The molecule has 0 aliphatic carbocycles. The Bertz CT molecular complexity index is 3010. The molecule has 0 fully saturated rings. The number of carbonyl (C=O) groups excluding carboxylic acids is 1. The van der Waals surface area contributed by atoms with Gasteiger partial charge in [0.2, 0.25) is 5.78 Å². The first-order valence-corrected chi connectivity index (χ1v) is 21.3. The maximum Gasteiger partial charge on any atom is 0.416 e. The van der Waals surface area contributed by atoms with Crippen molar-refractivity contribution in [2.24, 2.45) is 5.16 Å². The third-order valence-corrected chi connectivity index (χ3v) is 11.7. The number of carbonyl (C=O) groups is 1. The van der Waals surface area contributed by atoms with E-state index in [1.807, 2.05) is 0 Å². The number of nitrogen functional groups attached to an aromatic ring is 2. The molecule has 0 spiro atoms. The van der Waals surface area contributed by atoms with Crippen molar-refractivity contribution >= 4 is 77.8 Å². The van der Waals surface area contributed by atoms with Gasteiger partial charge in [-0.1, -0.05) is 40.5 Å². The summed E-state index contributed by atoms with van der Waals surface area (Å²) in [6.45, 7) is 2.45. The lowest BCUT2D eigenvalue weighted by atomic mass is 10.1. The van der Waals surface area contributed by atoms with Crippen molar-refractivity contribution in [3.05, 3.63) is 152 Å². The number of nitrogens with one attached hydrogen (secondary N) is 2. The van der Waals surface area contributed by atoms with Crippen LogP contribution in [-0.4, -0.2) is 55.4 Å². The molecule has 0 aliphatic rings. The van der Waals surface area contributed by atoms with Crippen molar-refractivity contribution in [1.82, 2.24) is 19.9 Å². The molecule has 0 saturated heterocycles. The minimum Gasteiger partial charge on any atom is -0.399 e. The predicted octanol–water partition coefficient (Wildman–Crippen LogP) is 8.31. The number of nitrogens with zero attached hydrogens (tertiary/aromatic N) is 5. The summed E-state index contributed by atoms with van der Waals surface area (Å²) in [6.07, 6.45) is -4.40. The Morgan fingerprint density at radius 3 is 1.50 bits per heavy atom. The Labute approximate surface area is 370 Å². The molecule has 0 saturated carbocycles. The van der Waals surface area contributed by atoms with Gasteiger partial charge in [0.05, 0.1) is 42.3 Å². The SMILES string of the molecule is CON=C(c1ccnc(N)c1)c1ncc(Cl)cc1NS(=O)(=O)c1ccc(C)c(C(F)(F)F)c1.Cc1ccc(S(=O)(=O)Nc2cc(Cl)cnc2C(=O)c2ccnc(N)c2)cc1C(F)(F)F. The molecule has 0 bridgehead atoms. The van der Waals surface area contributed by atoms with Crippen LogP contribution >= 0.6 is 23.2 Å². The summed E-state index contributed by atoms with van der Waals surface area (Å²) in [6, 6.07) is 13.3. The number of ketones is 1. The average molecular weight is 971 g/mol. The standard InChI is InChI=1S/C20H17ClF3N5O3S.C19H14ClF3N4O3S/c1-11-3-4-14(9-15(11)20(22,23)24)33(30,31)29-16-8-13(21)10-27-19(16)18(28-32-2)12-5-6-26-17(25)7-12;1-10-2-3-13(8-14(10)19(21,22)23)31(29,30)27-15-7-12(20)9-26-17(15)18(28)11-4-5-25-16(24)6-11/h3-10,29H,1-2H3,(H2,25,26);2-9,27H,1H3,(H2,24,25). The molecule has 0 radical (unpaired) electrons. The summed E-state index contributed by atoms with van der Waals surface area (Å²) in [5.41, 5.74) is 8.68. The Hall–Kier alpha value is -6.56. The van der Waals surface area contributed by atoms with Gasteiger partial charge in [0.1, 0.15) is 35.8 Å². The molecule has 0 unspecified atom stereocenters. The molecule has 4 heterocycles. The molecular weight excluding hydrogens is 940 g/mol. The van der Waals surface area contributed by atoms with Gasteiger partial charge < -0.3 is 16.3 Å². The molecule has 64 heavy (non-hydrogen) atoms. The number of pyridine rings is 4. The number of sulfonamides is 2. The van der Waals surface area contributed by atoms with Crippen LogP contribution < -0.4 is 20.9 Å². The number of rotatable bonds is 11. The molecule has 15 nitrogen and oxygen atoms in total. The lowest BCUT2D eigenvalue weighted by Crippen LogP contribution is -2.19. The van der Waals surface area contributed by atoms with Gasteiger partial charge in [-0.05, 0) is 85.6 Å². The fourth-order valence-corrected chi connectivity index (χ4v) is 8.09. The van der Waals surface area contributed by atoms with E-state index in [0.29, 0.717) is 17.7 Å². The maximum atomic E-state index is 13.3. The van der Waals surface area contributed by atoms with Crippen LogP contribution in [0.15, 0.2) is 113 Å². The maximum absolute atomic E-state index is 13.3.